The number of benzene rings is 1. The van der Waals surface area contributed by atoms with Gasteiger partial charge in [-0.3, -0.25) is 0 Å². The van der Waals surface area contributed by atoms with E-state index >= 15 is 0 Å². The maximum Gasteiger partial charge on any atom is 0.189 e. The van der Waals surface area contributed by atoms with Crippen LogP contribution in [-0.2, 0) is 18.8 Å². The summed E-state index contributed by atoms with van der Waals surface area (Å²) < 4.78 is 7.40. The van der Waals surface area contributed by atoms with Crippen molar-refractivity contribution in [3.63, 3.8) is 0 Å². The molecule has 0 amide bonds. The Morgan fingerprint density at radius 1 is 1.25 bits per heavy atom. The van der Waals surface area contributed by atoms with E-state index in [1.807, 2.05) is 24.3 Å². The van der Waals surface area contributed by atoms with E-state index in [9.17, 15) is 5.11 Å². The van der Waals surface area contributed by atoms with Gasteiger partial charge in [-0.25, -0.2) is 4.68 Å². The molecule has 20 heavy (non-hydrogen) atoms. The van der Waals surface area contributed by atoms with Gasteiger partial charge < -0.3 is 9.84 Å². The monoisotopic (exact) mass is 276 g/mol. The lowest BCUT2D eigenvalue weighted by atomic mass is 9.99. The lowest BCUT2D eigenvalue weighted by Gasteiger charge is -2.17. The van der Waals surface area contributed by atoms with Crippen molar-refractivity contribution in [3.8, 4) is 5.75 Å². The molecular formula is C14H20N4O2. The largest absolute Gasteiger partial charge is 0.486 e. The van der Waals surface area contributed by atoms with Gasteiger partial charge in [0.15, 0.2) is 5.82 Å². The molecule has 0 spiro atoms. The Balaban J connectivity index is 1.99. The summed E-state index contributed by atoms with van der Waals surface area (Å²) in [6.45, 7) is 6.68. The number of aryl methyl sites for hydroxylation is 1. The predicted molar refractivity (Wildman–Crippen MR) is 74.1 cm³/mol. The van der Waals surface area contributed by atoms with Crippen LogP contribution >= 0.6 is 0 Å². The number of hydrogen-bond donors (Lipinski definition) is 1. The average molecular weight is 276 g/mol. The van der Waals surface area contributed by atoms with E-state index in [-0.39, 0.29) is 0 Å². The van der Waals surface area contributed by atoms with Crippen molar-refractivity contribution in [1.29, 1.82) is 0 Å². The van der Waals surface area contributed by atoms with Crippen molar-refractivity contribution < 1.29 is 9.84 Å². The summed E-state index contributed by atoms with van der Waals surface area (Å²) in [5.74, 6) is 1.43. The molecule has 0 radical (unpaired) electrons. The molecule has 0 saturated heterocycles. The van der Waals surface area contributed by atoms with Gasteiger partial charge in [-0.1, -0.05) is 19.1 Å². The Bertz CT molecular complexity index is 543. The molecule has 0 unspecified atom stereocenters. The summed E-state index contributed by atoms with van der Waals surface area (Å²) in [5.41, 5.74) is 0.00434. The Hall–Kier alpha value is -1.95. The third-order valence-electron chi connectivity index (χ3n) is 2.97. The second kappa shape index (κ2) is 6.00. The topological polar surface area (TPSA) is 73.1 Å². The second-order valence-electron chi connectivity index (χ2n) is 5.19. The first-order valence-corrected chi connectivity index (χ1v) is 6.71. The third-order valence-corrected chi connectivity index (χ3v) is 2.97. The summed E-state index contributed by atoms with van der Waals surface area (Å²) in [6.07, 6.45) is 0.971. The highest BCUT2D eigenvalue weighted by molar-refractivity contribution is 5.30. The highest BCUT2D eigenvalue weighted by atomic mass is 16.5. The van der Waals surface area contributed by atoms with Crippen LogP contribution in [0.25, 0.3) is 0 Å². The maximum atomic E-state index is 9.88. The smallest absolute Gasteiger partial charge is 0.189 e. The van der Waals surface area contributed by atoms with Gasteiger partial charge >= 0.3 is 0 Å². The van der Waals surface area contributed by atoms with Gasteiger partial charge in [-0.2, -0.15) is 0 Å². The normalized spacial score (nSPS) is 11.6. The molecule has 0 fully saturated rings. The van der Waals surface area contributed by atoms with Crippen LogP contribution in [0, 0.1) is 0 Å². The number of tetrazole rings is 1. The third kappa shape index (κ3) is 3.54. The quantitative estimate of drug-likeness (QED) is 0.872. The van der Waals surface area contributed by atoms with Gasteiger partial charge in [0.1, 0.15) is 12.4 Å². The van der Waals surface area contributed by atoms with Crippen molar-refractivity contribution in [3.05, 3.63) is 35.7 Å². The molecule has 2 rings (SSSR count). The van der Waals surface area contributed by atoms with Gasteiger partial charge in [0.25, 0.3) is 0 Å². The predicted octanol–water partition coefficient (Wildman–Crippen LogP) is 1.89. The molecule has 6 heteroatoms. The number of rotatable bonds is 6. The Morgan fingerprint density at radius 2 is 1.95 bits per heavy atom. The van der Waals surface area contributed by atoms with Crippen molar-refractivity contribution >= 4 is 0 Å². The summed E-state index contributed by atoms with van der Waals surface area (Å²) in [4.78, 5) is 0. The van der Waals surface area contributed by atoms with E-state index in [0.717, 1.165) is 24.3 Å². The van der Waals surface area contributed by atoms with Crippen LogP contribution in [0.15, 0.2) is 24.3 Å². The van der Waals surface area contributed by atoms with Crippen LogP contribution in [0.2, 0.25) is 0 Å². The zero-order chi connectivity index (χ0) is 14.6. The maximum absolute atomic E-state index is 9.88. The van der Waals surface area contributed by atoms with Crippen molar-refractivity contribution in [2.75, 3.05) is 0 Å². The fourth-order valence-corrected chi connectivity index (χ4v) is 1.82. The SMILES string of the molecule is CCCn1nnnc1COc1ccc(C(C)(C)O)cc1. The Labute approximate surface area is 118 Å². The number of ether oxygens (including phenoxy) is 1. The van der Waals surface area contributed by atoms with Gasteiger partial charge in [0, 0.05) is 6.54 Å². The van der Waals surface area contributed by atoms with E-state index in [4.69, 9.17) is 4.74 Å². The number of aromatic nitrogens is 4. The van der Waals surface area contributed by atoms with E-state index in [1.165, 1.54) is 0 Å². The standard InChI is InChI=1S/C14H20N4O2/c1-4-9-18-13(15-16-17-18)10-20-12-7-5-11(6-8-12)14(2,3)19/h5-8,19H,4,9-10H2,1-3H3. The first kappa shape index (κ1) is 14.5. The minimum Gasteiger partial charge on any atom is -0.486 e. The van der Waals surface area contributed by atoms with Gasteiger partial charge in [-0.15, -0.1) is 5.10 Å². The zero-order valence-corrected chi connectivity index (χ0v) is 12.1. The number of hydrogen-bond acceptors (Lipinski definition) is 5. The summed E-state index contributed by atoms with van der Waals surface area (Å²) in [6, 6.07) is 7.37. The fourth-order valence-electron chi connectivity index (χ4n) is 1.82. The fraction of sp³-hybridized carbons (Fsp3) is 0.500. The van der Waals surface area contributed by atoms with Crippen LogP contribution in [0.1, 0.15) is 38.6 Å². The van der Waals surface area contributed by atoms with Crippen LogP contribution in [0.4, 0.5) is 0 Å². The van der Waals surface area contributed by atoms with Crippen molar-refractivity contribution in [2.45, 2.75) is 45.9 Å². The summed E-state index contributed by atoms with van der Waals surface area (Å²) in [7, 11) is 0. The molecule has 1 heterocycles. The minimum absolute atomic E-state index is 0.328. The van der Waals surface area contributed by atoms with Crippen LogP contribution in [-0.4, -0.2) is 25.3 Å². The molecule has 108 valence electrons. The highest BCUT2D eigenvalue weighted by Crippen LogP contribution is 2.22. The molecular weight excluding hydrogens is 256 g/mol. The molecule has 1 N–H and O–H groups in total. The van der Waals surface area contributed by atoms with Gasteiger partial charge in [-0.05, 0) is 48.4 Å². The van der Waals surface area contributed by atoms with E-state index in [1.54, 1.807) is 18.5 Å². The van der Waals surface area contributed by atoms with Crippen LogP contribution in [0.5, 0.6) is 5.75 Å². The molecule has 1 aromatic carbocycles. The first-order chi connectivity index (χ1) is 9.50. The summed E-state index contributed by atoms with van der Waals surface area (Å²) >= 11 is 0. The van der Waals surface area contributed by atoms with Gasteiger partial charge in [0.05, 0.1) is 5.60 Å². The highest BCUT2D eigenvalue weighted by Gasteiger charge is 2.15. The molecule has 2 aromatic rings. The zero-order valence-electron chi connectivity index (χ0n) is 12.1. The first-order valence-electron chi connectivity index (χ1n) is 6.71. The molecule has 0 atom stereocenters. The molecule has 0 aliphatic rings. The molecule has 0 aliphatic carbocycles. The Morgan fingerprint density at radius 3 is 2.55 bits per heavy atom. The second-order valence-corrected chi connectivity index (χ2v) is 5.19. The van der Waals surface area contributed by atoms with E-state index < -0.39 is 5.60 Å². The summed E-state index contributed by atoms with van der Waals surface area (Å²) in [5, 5.41) is 21.4. The van der Waals surface area contributed by atoms with E-state index in [2.05, 4.69) is 22.4 Å². The van der Waals surface area contributed by atoms with Crippen LogP contribution < -0.4 is 4.74 Å². The number of aliphatic hydroxyl groups is 1. The lowest BCUT2D eigenvalue weighted by Crippen LogP contribution is -2.15. The molecule has 0 saturated carbocycles. The van der Waals surface area contributed by atoms with Crippen molar-refractivity contribution in [2.24, 2.45) is 0 Å². The Kier molecular flexibility index (Phi) is 4.34. The molecule has 6 nitrogen and oxygen atoms in total. The molecule has 0 bridgehead atoms. The molecule has 0 aliphatic heterocycles. The minimum atomic E-state index is -0.844. The van der Waals surface area contributed by atoms with E-state index in [0.29, 0.717) is 12.4 Å². The van der Waals surface area contributed by atoms with Gasteiger partial charge in [0.2, 0.25) is 0 Å². The average Bonchev–Trinajstić information content (AvgIpc) is 2.84. The van der Waals surface area contributed by atoms with Crippen LogP contribution in [0.3, 0.4) is 0 Å². The van der Waals surface area contributed by atoms with Crippen molar-refractivity contribution in [1.82, 2.24) is 20.2 Å². The number of nitrogens with zero attached hydrogens (tertiary/aromatic N) is 4. The molecule has 1 aromatic heterocycles. The lowest BCUT2D eigenvalue weighted by molar-refractivity contribution is 0.0785.